The Hall–Kier alpha value is -3.95. The van der Waals surface area contributed by atoms with Crippen molar-refractivity contribution in [2.75, 3.05) is 66.1 Å². The lowest BCUT2D eigenvalue weighted by atomic mass is 9.97. The van der Waals surface area contributed by atoms with Crippen LogP contribution in [0.5, 0.6) is 0 Å². The molecule has 0 radical (unpaired) electrons. The molecule has 20 heteroatoms. The Bertz CT molecular complexity index is 1190. The molecule has 0 aliphatic heterocycles. The van der Waals surface area contributed by atoms with E-state index in [0.717, 1.165) is 0 Å². The number of carbonyl (C=O) groups excluding carboxylic acids is 5. The number of carboxylic acids is 2. The molecule has 0 aliphatic rings. The smallest absolute Gasteiger partial charge is 0.326 e. The summed E-state index contributed by atoms with van der Waals surface area (Å²) in [7, 11) is 0. The first-order valence-electron chi connectivity index (χ1n) is 18.4. The molecular weight excluding hydrogens is 730 g/mol. The Labute approximate surface area is 322 Å². The van der Waals surface area contributed by atoms with Crippen molar-refractivity contribution in [1.82, 2.24) is 26.6 Å². The monoisotopic (exact) mass is 793 g/mol. The number of nitrogens with one attached hydrogen (secondary N) is 5. The van der Waals surface area contributed by atoms with Crippen molar-refractivity contribution in [3.63, 3.8) is 0 Å². The number of aliphatic hydroxyl groups is 1. The fraction of sp³-hybridized carbons (Fsp3) is 0.800. The summed E-state index contributed by atoms with van der Waals surface area (Å²) in [6.45, 7) is 13.4. The number of aliphatic carboxylic acids is 2. The maximum absolute atomic E-state index is 13.2. The molecule has 0 bridgehead atoms. The Morgan fingerprint density at radius 3 is 1.24 bits per heavy atom. The molecular formula is C35H63N5O15. The highest BCUT2D eigenvalue weighted by Crippen LogP contribution is 2.09. The molecule has 0 unspecified atom stereocenters. The van der Waals surface area contributed by atoms with Crippen LogP contribution >= 0.6 is 0 Å². The van der Waals surface area contributed by atoms with Crippen LogP contribution in [-0.2, 0) is 57.2 Å². The zero-order valence-corrected chi connectivity index (χ0v) is 33.1. The molecule has 0 spiro atoms. The van der Waals surface area contributed by atoms with E-state index in [-0.39, 0.29) is 45.2 Å². The zero-order valence-electron chi connectivity index (χ0n) is 33.1. The molecule has 55 heavy (non-hydrogen) atoms. The Morgan fingerprint density at radius 1 is 0.491 bits per heavy atom. The van der Waals surface area contributed by atoms with Gasteiger partial charge in [0.1, 0.15) is 30.2 Å². The third-order valence-electron chi connectivity index (χ3n) is 8.03. The molecule has 0 saturated heterocycles. The molecule has 0 rings (SSSR count). The van der Waals surface area contributed by atoms with Gasteiger partial charge in [0.25, 0.3) is 0 Å². The van der Waals surface area contributed by atoms with Crippen molar-refractivity contribution in [3.8, 4) is 0 Å². The van der Waals surface area contributed by atoms with Gasteiger partial charge in [0.05, 0.1) is 78.6 Å². The molecule has 7 atom stereocenters. The van der Waals surface area contributed by atoms with E-state index >= 15 is 0 Å². The van der Waals surface area contributed by atoms with Crippen LogP contribution in [-0.4, -0.2) is 159 Å². The minimum atomic E-state index is -1.52. The van der Waals surface area contributed by atoms with E-state index in [1.54, 1.807) is 20.8 Å². The van der Waals surface area contributed by atoms with Crippen molar-refractivity contribution < 1.29 is 72.6 Å². The summed E-state index contributed by atoms with van der Waals surface area (Å²) in [5.41, 5.74) is 0. The van der Waals surface area contributed by atoms with Crippen molar-refractivity contribution in [1.29, 1.82) is 0 Å². The molecule has 0 fully saturated rings. The number of hydrogen-bond acceptors (Lipinski definition) is 13. The SMILES string of the molecule is CC[C@H](C)[C@H](NC(=O)CCOCCOCCOCCOCCOCCC(=O)O)C(=O)N[C@@H](C)C(=O)N[C@H](C(=O)N[C@@H](C)C(=O)N[C@H](C(=O)O)C(C)C)[C@@H](C)O. The largest absolute Gasteiger partial charge is 0.481 e. The van der Waals surface area contributed by atoms with E-state index in [4.69, 9.17) is 28.8 Å². The lowest BCUT2D eigenvalue weighted by Crippen LogP contribution is -2.60. The fourth-order valence-corrected chi connectivity index (χ4v) is 4.47. The van der Waals surface area contributed by atoms with Gasteiger partial charge in [0, 0.05) is 6.42 Å². The first-order chi connectivity index (χ1) is 25.9. The van der Waals surface area contributed by atoms with Crippen molar-refractivity contribution in [2.45, 2.75) is 104 Å². The van der Waals surface area contributed by atoms with Gasteiger partial charge in [-0.2, -0.15) is 0 Å². The van der Waals surface area contributed by atoms with Gasteiger partial charge < -0.3 is 65.6 Å². The molecule has 0 aliphatic carbocycles. The van der Waals surface area contributed by atoms with Crippen LogP contribution in [0.2, 0.25) is 0 Å². The van der Waals surface area contributed by atoms with Gasteiger partial charge in [-0.05, 0) is 32.6 Å². The van der Waals surface area contributed by atoms with Crippen LogP contribution in [0.3, 0.4) is 0 Å². The van der Waals surface area contributed by atoms with E-state index in [9.17, 15) is 43.8 Å². The van der Waals surface area contributed by atoms with Crippen LogP contribution in [0.1, 0.15) is 67.7 Å². The molecule has 0 aromatic carbocycles. The molecule has 0 aromatic heterocycles. The Balaban J connectivity index is 4.62. The molecule has 0 saturated carbocycles. The normalized spacial score (nSPS) is 15.1. The van der Waals surface area contributed by atoms with Crippen LogP contribution in [0.4, 0.5) is 0 Å². The van der Waals surface area contributed by atoms with Crippen molar-refractivity contribution in [2.24, 2.45) is 11.8 Å². The van der Waals surface area contributed by atoms with Crippen LogP contribution < -0.4 is 26.6 Å². The second-order valence-corrected chi connectivity index (χ2v) is 13.1. The zero-order chi connectivity index (χ0) is 41.9. The molecule has 0 aromatic rings. The summed E-state index contributed by atoms with van der Waals surface area (Å²) in [5.74, 6) is -6.52. The second kappa shape index (κ2) is 29.4. The lowest BCUT2D eigenvalue weighted by molar-refractivity contribution is -0.143. The third kappa shape index (κ3) is 23.5. The third-order valence-corrected chi connectivity index (χ3v) is 8.03. The summed E-state index contributed by atoms with van der Waals surface area (Å²) in [6, 6.07) is -6.11. The quantitative estimate of drug-likeness (QED) is 0.0362. The molecule has 318 valence electrons. The molecule has 20 nitrogen and oxygen atoms in total. The van der Waals surface area contributed by atoms with Gasteiger partial charge >= 0.3 is 11.9 Å². The lowest BCUT2D eigenvalue weighted by Gasteiger charge is -2.27. The first kappa shape index (κ1) is 51.0. The topological polar surface area (TPSA) is 286 Å². The van der Waals surface area contributed by atoms with Crippen molar-refractivity contribution in [3.05, 3.63) is 0 Å². The number of carboxylic acid groups (broad SMARTS) is 2. The molecule has 5 amide bonds. The van der Waals surface area contributed by atoms with Gasteiger partial charge in [-0.25, -0.2) is 4.79 Å². The summed E-state index contributed by atoms with van der Waals surface area (Å²) in [5, 5.41) is 40.3. The van der Waals surface area contributed by atoms with Gasteiger partial charge in [0.15, 0.2) is 0 Å². The number of amides is 5. The average Bonchev–Trinajstić information content (AvgIpc) is 3.11. The average molecular weight is 794 g/mol. The van der Waals surface area contributed by atoms with Gasteiger partial charge in [0.2, 0.25) is 29.5 Å². The maximum atomic E-state index is 13.2. The van der Waals surface area contributed by atoms with Crippen molar-refractivity contribution >= 4 is 41.5 Å². The highest BCUT2D eigenvalue weighted by atomic mass is 16.6. The highest BCUT2D eigenvalue weighted by molar-refractivity contribution is 5.96. The number of aliphatic hydroxyl groups excluding tert-OH is 1. The predicted molar refractivity (Wildman–Crippen MR) is 196 cm³/mol. The Kier molecular flexibility index (Phi) is 27.2. The maximum Gasteiger partial charge on any atom is 0.326 e. The van der Waals surface area contributed by atoms with Crippen LogP contribution in [0.25, 0.3) is 0 Å². The van der Waals surface area contributed by atoms with Gasteiger partial charge in [-0.3, -0.25) is 28.8 Å². The van der Waals surface area contributed by atoms with E-state index in [2.05, 4.69) is 26.6 Å². The van der Waals surface area contributed by atoms with Crippen LogP contribution in [0.15, 0.2) is 0 Å². The fourth-order valence-electron chi connectivity index (χ4n) is 4.47. The Morgan fingerprint density at radius 2 is 0.873 bits per heavy atom. The minimum absolute atomic E-state index is 0.0416. The van der Waals surface area contributed by atoms with E-state index < -0.39 is 83.7 Å². The summed E-state index contributed by atoms with van der Waals surface area (Å²) in [4.78, 5) is 86.1. The van der Waals surface area contributed by atoms with E-state index in [1.807, 2.05) is 6.92 Å². The number of carbonyl (C=O) groups is 7. The van der Waals surface area contributed by atoms with Gasteiger partial charge in [-0.1, -0.05) is 34.1 Å². The number of ether oxygens (including phenoxy) is 5. The highest BCUT2D eigenvalue weighted by Gasteiger charge is 2.33. The summed E-state index contributed by atoms with van der Waals surface area (Å²) >= 11 is 0. The summed E-state index contributed by atoms with van der Waals surface area (Å²) < 4.78 is 26.7. The van der Waals surface area contributed by atoms with Gasteiger partial charge in [-0.15, -0.1) is 0 Å². The minimum Gasteiger partial charge on any atom is -0.481 e. The molecule has 8 N–H and O–H groups in total. The number of rotatable bonds is 32. The number of hydrogen-bond donors (Lipinski definition) is 8. The first-order valence-corrected chi connectivity index (χ1v) is 18.4. The van der Waals surface area contributed by atoms with E-state index in [0.29, 0.717) is 46.1 Å². The summed E-state index contributed by atoms with van der Waals surface area (Å²) in [6.07, 6.45) is -0.982. The second-order valence-electron chi connectivity index (χ2n) is 13.1. The van der Waals surface area contributed by atoms with Crippen LogP contribution in [0, 0.1) is 11.8 Å². The predicted octanol–water partition coefficient (Wildman–Crippen LogP) is -1.43. The molecule has 0 heterocycles. The van der Waals surface area contributed by atoms with E-state index in [1.165, 1.54) is 20.8 Å². The standard InChI is InChI=1S/C35H63N5O15/c1-8-22(4)29(38-26(42)9-11-51-13-15-53-17-19-55-20-18-54-16-14-52-12-10-27(43)44)33(47)36-24(6)32(46)40-30(25(7)41)34(48)37-23(5)31(45)39-28(21(2)3)35(49)50/h21-25,28-30,41H,8-20H2,1-7H3,(H,36,47)(H,37,48)(H,38,42)(H,39,45)(H,40,46)(H,43,44)(H,49,50)/t22-,23-,24-,25+,28-,29-,30-/m0/s1.